The highest BCUT2D eigenvalue weighted by molar-refractivity contribution is 14.1. The Bertz CT molecular complexity index is 826. The van der Waals surface area contributed by atoms with Crippen LogP contribution in [0.1, 0.15) is 15.9 Å². The molecule has 0 unspecified atom stereocenters. The monoisotopic (exact) mass is 387 g/mol. The Morgan fingerprint density at radius 1 is 0.952 bits per heavy atom. The molecule has 0 heterocycles. The van der Waals surface area contributed by atoms with Gasteiger partial charge >= 0.3 is 0 Å². The lowest BCUT2D eigenvalue weighted by Gasteiger charge is -2.08. The maximum Gasteiger partial charge on any atom is 0.256 e. The molecule has 0 aliphatic rings. The molecule has 0 saturated heterocycles. The van der Waals surface area contributed by atoms with Crippen LogP contribution in [0, 0.1) is 10.5 Å². The maximum absolute atomic E-state index is 12.4. The molecule has 3 rings (SSSR count). The van der Waals surface area contributed by atoms with Crippen LogP contribution in [0.2, 0.25) is 0 Å². The van der Waals surface area contributed by atoms with E-state index in [9.17, 15) is 4.79 Å². The van der Waals surface area contributed by atoms with Crippen molar-refractivity contribution in [1.29, 1.82) is 0 Å². The van der Waals surface area contributed by atoms with Gasteiger partial charge in [0.15, 0.2) is 0 Å². The van der Waals surface area contributed by atoms with Gasteiger partial charge in [0.25, 0.3) is 5.91 Å². The van der Waals surface area contributed by atoms with Crippen LogP contribution in [0.15, 0.2) is 60.7 Å². The Morgan fingerprint density at radius 3 is 2.48 bits per heavy atom. The van der Waals surface area contributed by atoms with Crippen molar-refractivity contribution in [2.75, 3.05) is 5.32 Å². The largest absolute Gasteiger partial charge is 0.322 e. The van der Waals surface area contributed by atoms with Crippen molar-refractivity contribution in [2.24, 2.45) is 0 Å². The summed E-state index contributed by atoms with van der Waals surface area (Å²) in [5.41, 5.74) is 2.67. The van der Waals surface area contributed by atoms with Gasteiger partial charge in [-0.2, -0.15) is 0 Å². The molecule has 1 N–H and O–H groups in total. The van der Waals surface area contributed by atoms with Crippen molar-refractivity contribution < 1.29 is 4.79 Å². The summed E-state index contributed by atoms with van der Waals surface area (Å²) in [6.45, 7) is 2.02. The Balaban J connectivity index is 1.89. The summed E-state index contributed by atoms with van der Waals surface area (Å²) in [6.07, 6.45) is 0. The van der Waals surface area contributed by atoms with E-state index in [0.717, 1.165) is 20.2 Å². The van der Waals surface area contributed by atoms with E-state index in [0.29, 0.717) is 5.56 Å². The quantitative estimate of drug-likeness (QED) is 0.616. The molecule has 0 aliphatic carbocycles. The summed E-state index contributed by atoms with van der Waals surface area (Å²) in [6, 6.07) is 19.9. The third-order valence-electron chi connectivity index (χ3n) is 3.38. The van der Waals surface area contributed by atoms with E-state index in [4.69, 9.17) is 0 Å². The first-order valence-electron chi connectivity index (χ1n) is 6.70. The summed E-state index contributed by atoms with van der Waals surface area (Å²) in [4.78, 5) is 12.4. The SMILES string of the molecule is Cc1ccc(C(=O)Nc2ccc3ccccc3c2)c(I)c1. The van der Waals surface area contributed by atoms with Crippen LogP contribution in [0.4, 0.5) is 5.69 Å². The summed E-state index contributed by atoms with van der Waals surface area (Å²) in [5.74, 6) is -0.0744. The zero-order chi connectivity index (χ0) is 14.8. The van der Waals surface area contributed by atoms with E-state index in [1.165, 1.54) is 5.39 Å². The topological polar surface area (TPSA) is 29.1 Å². The van der Waals surface area contributed by atoms with Gasteiger partial charge < -0.3 is 5.32 Å². The second-order valence-corrected chi connectivity index (χ2v) is 6.16. The molecule has 3 heteroatoms. The van der Waals surface area contributed by atoms with Gasteiger partial charge in [-0.15, -0.1) is 0 Å². The highest BCUT2D eigenvalue weighted by atomic mass is 127. The van der Waals surface area contributed by atoms with E-state index in [-0.39, 0.29) is 5.91 Å². The predicted octanol–water partition coefficient (Wildman–Crippen LogP) is 5.01. The average molecular weight is 387 g/mol. The first-order chi connectivity index (χ1) is 10.1. The number of amides is 1. The number of carbonyl (C=O) groups is 1. The fourth-order valence-corrected chi connectivity index (χ4v) is 3.19. The van der Waals surface area contributed by atoms with Crippen LogP contribution in [-0.4, -0.2) is 5.91 Å². The Hall–Kier alpha value is -1.88. The molecule has 0 saturated carbocycles. The molecule has 0 aromatic heterocycles. The molecule has 0 spiro atoms. The zero-order valence-corrected chi connectivity index (χ0v) is 13.7. The third kappa shape index (κ3) is 3.08. The van der Waals surface area contributed by atoms with Gasteiger partial charge in [0.05, 0.1) is 5.56 Å². The number of hydrogen-bond acceptors (Lipinski definition) is 1. The van der Waals surface area contributed by atoms with Gasteiger partial charge in [0.1, 0.15) is 0 Å². The van der Waals surface area contributed by atoms with E-state index >= 15 is 0 Å². The van der Waals surface area contributed by atoms with Crippen LogP contribution >= 0.6 is 22.6 Å². The number of anilines is 1. The van der Waals surface area contributed by atoms with Gasteiger partial charge in [0, 0.05) is 9.26 Å². The minimum atomic E-state index is -0.0744. The van der Waals surface area contributed by atoms with E-state index in [2.05, 4.69) is 34.0 Å². The van der Waals surface area contributed by atoms with Crippen molar-refractivity contribution in [1.82, 2.24) is 0 Å². The fourth-order valence-electron chi connectivity index (χ4n) is 2.27. The van der Waals surface area contributed by atoms with Crippen molar-refractivity contribution in [3.05, 3.63) is 75.4 Å². The minimum absolute atomic E-state index is 0.0744. The second-order valence-electron chi connectivity index (χ2n) is 5.00. The van der Waals surface area contributed by atoms with E-state index in [1.807, 2.05) is 61.5 Å². The molecule has 3 aromatic carbocycles. The average Bonchev–Trinajstić information content (AvgIpc) is 2.47. The van der Waals surface area contributed by atoms with E-state index < -0.39 is 0 Å². The van der Waals surface area contributed by atoms with Gasteiger partial charge in [-0.1, -0.05) is 42.0 Å². The van der Waals surface area contributed by atoms with Gasteiger partial charge in [-0.25, -0.2) is 0 Å². The van der Waals surface area contributed by atoms with E-state index in [1.54, 1.807) is 0 Å². The molecule has 0 aliphatic heterocycles. The van der Waals surface area contributed by atoms with Crippen molar-refractivity contribution in [2.45, 2.75) is 6.92 Å². The molecule has 104 valence electrons. The molecule has 1 amide bonds. The lowest BCUT2D eigenvalue weighted by molar-refractivity contribution is 0.102. The van der Waals surface area contributed by atoms with Crippen LogP contribution in [0.5, 0.6) is 0 Å². The number of hydrogen-bond donors (Lipinski definition) is 1. The minimum Gasteiger partial charge on any atom is -0.322 e. The van der Waals surface area contributed by atoms with Crippen LogP contribution in [0.3, 0.4) is 0 Å². The zero-order valence-electron chi connectivity index (χ0n) is 11.6. The molecule has 3 aromatic rings. The molecule has 0 bridgehead atoms. The Morgan fingerprint density at radius 2 is 1.71 bits per heavy atom. The smallest absolute Gasteiger partial charge is 0.256 e. The standard InChI is InChI=1S/C18H14INO/c1-12-6-9-16(17(19)10-12)18(21)20-15-8-7-13-4-2-3-5-14(13)11-15/h2-11H,1H3,(H,20,21). The number of nitrogens with one attached hydrogen (secondary N) is 1. The molecular weight excluding hydrogens is 373 g/mol. The Labute approximate surface area is 137 Å². The third-order valence-corrected chi connectivity index (χ3v) is 4.27. The Kier molecular flexibility index (Phi) is 3.92. The molecule has 0 atom stereocenters. The number of halogens is 1. The molecular formula is C18H14INO. The van der Waals surface area contributed by atoms with Crippen LogP contribution in [0.25, 0.3) is 10.8 Å². The van der Waals surface area contributed by atoms with Crippen LogP contribution in [-0.2, 0) is 0 Å². The first-order valence-corrected chi connectivity index (χ1v) is 7.78. The first kappa shape index (κ1) is 14.1. The molecule has 2 nitrogen and oxygen atoms in total. The number of carbonyl (C=O) groups excluding carboxylic acids is 1. The number of rotatable bonds is 2. The van der Waals surface area contributed by atoms with Gasteiger partial charge in [0.2, 0.25) is 0 Å². The number of aryl methyl sites for hydroxylation is 1. The van der Waals surface area contributed by atoms with Gasteiger partial charge in [-0.05, 0) is 64.6 Å². The van der Waals surface area contributed by atoms with Crippen molar-refractivity contribution in [3.8, 4) is 0 Å². The summed E-state index contributed by atoms with van der Waals surface area (Å²) >= 11 is 2.20. The predicted molar refractivity (Wildman–Crippen MR) is 95.8 cm³/mol. The number of fused-ring (bicyclic) bond motifs is 1. The number of benzene rings is 3. The maximum atomic E-state index is 12.4. The van der Waals surface area contributed by atoms with Gasteiger partial charge in [-0.3, -0.25) is 4.79 Å². The van der Waals surface area contributed by atoms with Crippen molar-refractivity contribution in [3.63, 3.8) is 0 Å². The normalized spacial score (nSPS) is 10.6. The van der Waals surface area contributed by atoms with Crippen LogP contribution < -0.4 is 5.32 Å². The lowest BCUT2D eigenvalue weighted by Crippen LogP contribution is -2.13. The summed E-state index contributed by atoms with van der Waals surface area (Å²) in [5, 5.41) is 5.25. The summed E-state index contributed by atoms with van der Waals surface area (Å²) < 4.78 is 0.964. The van der Waals surface area contributed by atoms with Crippen molar-refractivity contribution >= 4 is 45.0 Å². The molecule has 21 heavy (non-hydrogen) atoms. The fraction of sp³-hybridized carbons (Fsp3) is 0.0556. The molecule has 0 fully saturated rings. The summed E-state index contributed by atoms with van der Waals surface area (Å²) in [7, 11) is 0. The molecule has 0 radical (unpaired) electrons. The highest BCUT2D eigenvalue weighted by Gasteiger charge is 2.10. The second kappa shape index (κ2) is 5.85. The lowest BCUT2D eigenvalue weighted by atomic mass is 10.1. The highest BCUT2D eigenvalue weighted by Crippen LogP contribution is 2.21.